The van der Waals surface area contributed by atoms with Gasteiger partial charge in [0.1, 0.15) is 5.82 Å². The molecule has 0 unspecified atom stereocenters. The van der Waals surface area contributed by atoms with Crippen molar-refractivity contribution in [1.29, 1.82) is 0 Å². The predicted octanol–water partition coefficient (Wildman–Crippen LogP) is 2.95. The van der Waals surface area contributed by atoms with Gasteiger partial charge in [-0.25, -0.2) is 4.98 Å². The van der Waals surface area contributed by atoms with Crippen LogP contribution in [-0.4, -0.2) is 51.3 Å². The number of likely N-dealkylation sites (tertiary alicyclic amines) is 1. The molecule has 2 aromatic heterocycles. The van der Waals surface area contributed by atoms with Gasteiger partial charge in [0.05, 0.1) is 17.5 Å². The molecule has 1 saturated heterocycles. The van der Waals surface area contributed by atoms with E-state index in [1.165, 1.54) is 5.56 Å². The summed E-state index contributed by atoms with van der Waals surface area (Å²) in [5.41, 5.74) is 4.46. The molecule has 3 aromatic rings. The molecule has 7 heteroatoms. The van der Waals surface area contributed by atoms with Crippen LogP contribution in [0.1, 0.15) is 47.2 Å². The second-order valence-corrected chi connectivity index (χ2v) is 7.84. The average Bonchev–Trinajstić information content (AvgIpc) is 3.13. The Hall–Kier alpha value is -3.35. The molecule has 0 N–H and O–H groups in total. The molecule has 152 valence electrons. The summed E-state index contributed by atoms with van der Waals surface area (Å²) in [4.78, 5) is 42.0. The van der Waals surface area contributed by atoms with Crippen LogP contribution >= 0.6 is 0 Å². The first-order chi connectivity index (χ1) is 14.7. The Balaban J connectivity index is 1.32. The van der Waals surface area contributed by atoms with Crippen LogP contribution in [-0.2, 0) is 11.2 Å². The number of hydrogen-bond acceptors (Lipinski definition) is 5. The number of fused-ring (bicyclic) bond motifs is 2. The zero-order chi connectivity index (χ0) is 20.7. The van der Waals surface area contributed by atoms with Gasteiger partial charge in [0.2, 0.25) is 5.91 Å². The van der Waals surface area contributed by atoms with E-state index in [0.29, 0.717) is 37.5 Å². The third kappa shape index (κ3) is 3.10. The van der Waals surface area contributed by atoms with Crippen LogP contribution in [0.15, 0.2) is 42.9 Å². The number of aromatic nitrogens is 3. The van der Waals surface area contributed by atoms with Crippen molar-refractivity contribution in [2.45, 2.75) is 32.1 Å². The van der Waals surface area contributed by atoms with Crippen molar-refractivity contribution in [2.24, 2.45) is 0 Å². The summed E-state index contributed by atoms with van der Waals surface area (Å²) in [6, 6.07) is 7.54. The van der Waals surface area contributed by atoms with Gasteiger partial charge in [-0.1, -0.05) is 0 Å². The van der Waals surface area contributed by atoms with Crippen molar-refractivity contribution >= 4 is 28.7 Å². The third-order valence-corrected chi connectivity index (χ3v) is 6.21. The molecule has 4 heterocycles. The molecule has 0 radical (unpaired) electrons. The van der Waals surface area contributed by atoms with E-state index in [2.05, 4.69) is 21.0 Å². The predicted molar refractivity (Wildman–Crippen MR) is 113 cm³/mol. The van der Waals surface area contributed by atoms with E-state index in [-0.39, 0.29) is 11.8 Å². The molecular formula is C23H23N5O2. The van der Waals surface area contributed by atoms with Crippen LogP contribution in [0, 0.1) is 0 Å². The second-order valence-electron chi connectivity index (χ2n) is 7.84. The van der Waals surface area contributed by atoms with Gasteiger partial charge < -0.3 is 4.90 Å². The molecule has 0 aliphatic carbocycles. The lowest BCUT2D eigenvalue weighted by Gasteiger charge is -2.33. The van der Waals surface area contributed by atoms with Gasteiger partial charge in [0.15, 0.2) is 0 Å². The third-order valence-electron chi connectivity index (χ3n) is 6.21. The number of amides is 2. The van der Waals surface area contributed by atoms with Gasteiger partial charge >= 0.3 is 0 Å². The number of benzene rings is 1. The maximum Gasteiger partial charge on any atom is 0.253 e. The molecule has 2 aliphatic rings. The van der Waals surface area contributed by atoms with Crippen molar-refractivity contribution in [3.05, 3.63) is 59.5 Å². The molecule has 0 spiro atoms. The maximum atomic E-state index is 13.0. The number of likely N-dealkylation sites (N-methyl/N-ethyl adjacent to an activating group) is 1. The summed E-state index contributed by atoms with van der Waals surface area (Å²) in [7, 11) is 0. The zero-order valence-corrected chi connectivity index (χ0v) is 16.9. The van der Waals surface area contributed by atoms with E-state index in [4.69, 9.17) is 0 Å². The van der Waals surface area contributed by atoms with Crippen LogP contribution < -0.4 is 4.90 Å². The Bertz CT molecular complexity index is 1140. The number of piperidine rings is 1. The van der Waals surface area contributed by atoms with Crippen LogP contribution in [0.4, 0.5) is 5.82 Å². The van der Waals surface area contributed by atoms with Crippen LogP contribution in [0.25, 0.3) is 11.0 Å². The largest absolute Gasteiger partial charge is 0.339 e. The highest BCUT2D eigenvalue weighted by Gasteiger charge is 2.33. The summed E-state index contributed by atoms with van der Waals surface area (Å²) in [6.07, 6.45) is 7.30. The number of rotatable bonds is 3. The van der Waals surface area contributed by atoms with Gasteiger partial charge in [-0.05, 0) is 55.5 Å². The zero-order valence-electron chi connectivity index (χ0n) is 16.9. The van der Waals surface area contributed by atoms with Crippen molar-refractivity contribution in [2.75, 3.05) is 24.5 Å². The molecule has 0 bridgehead atoms. The molecule has 5 rings (SSSR count). The summed E-state index contributed by atoms with van der Waals surface area (Å²) in [6.45, 7) is 4.02. The molecule has 0 saturated carbocycles. The molecule has 0 atom stereocenters. The van der Waals surface area contributed by atoms with Gasteiger partial charge in [-0.2, -0.15) is 0 Å². The molecule has 2 aliphatic heterocycles. The number of anilines is 1. The highest BCUT2D eigenvalue weighted by Crippen LogP contribution is 2.37. The van der Waals surface area contributed by atoms with E-state index in [1.807, 2.05) is 36.2 Å². The summed E-state index contributed by atoms with van der Waals surface area (Å²) in [5, 5.41) is 0. The lowest BCUT2D eigenvalue weighted by molar-refractivity contribution is -0.117. The van der Waals surface area contributed by atoms with Gasteiger partial charge in [0.25, 0.3) is 5.91 Å². The number of carbonyl (C=O) groups is 2. The van der Waals surface area contributed by atoms with E-state index in [0.717, 1.165) is 35.3 Å². The van der Waals surface area contributed by atoms with Gasteiger partial charge in [-0.3, -0.25) is 24.5 Å². The van der Waals surface area contributed by atoms with Crippen LogP contribution in [0.3, 0.4) is 0 Å². The Morgan fingerprint density at radius 2 is 1.80 bits per heavy atom. The minimum absolute atomic E-state index is 0.0355. The quantitative estimate of drug-likeness (QED) is 0.674. The molecule has 2 amide bonds. The molecule has 1 aromatic carbocycles. The lowest BCUT2D eigenvalue weighted by Crippen LogP contribution is -2.38. The topological polar surface area (TPSA) is 79.3 Å². The lowest BCUT2D eigenvalue weighted by atomic mass is 9.86. The Morgan fingerprint density at radius 1 is 1.03 bits per heavy atom. The summed E-state index contributed by atoms with van der Waals surface area (Å²) >= 11 is 0. The van der Waals surface area contributed by atoms with Crippen molar-refractivity contribution in [3.8, 4) is 0 Å². The standard InChI is InChI=1S/C23H23N5O2/c1-2-28-21(29)14-18-17(5-8-26-22(18)28)15-6-11-27(12-7-15)23(30)16-3-4-19-20(13-16)25-10-9-24-19/h3-5,8-10,13,15H,2,6-7,11-12,14H2,1H3. The second kappa shape index (κ2) is 7.48. The van der Waals surface area contributed by atoms with Gasteiger partial charge in [-0.15, -0.1) is 0 Å². The molecular weight excluding hydrogens is 378 g/mol. The summed E-state index contributed by atoms with van der Waals surface area (Å²) in [5.74, 6) is 1.32. The molecule has 1 fully saturated rings. The number of pyridine rings is 1. The van der Waals surface area contributed by atoms with E-state index in [1.54, 1.807) is 17.3 Å². The number of hydrogen-bond donors (Lipinski definition) is 0. The van der Waals surface area contributed by atoms with Crippen molar-refractivity contribution < 1.29 is 9.59 Å². The molecule has 7 nitrogen and oxygen atoms in total. The molecule has 30 heavy (non-hydrogen) atoms. The first-order valence-electron chi connectivity index (χ1n) is 10.4. The number of carbonyl (C=O) groups excluding carboxylic acids is 2. The average molecular weight is 401 g/mol. The van der Waals surface area contributed by atoms with E-state index < -0.39 is 0 Å². The fourth-order valence-corrected chi connectivity index (χ4v) is 4.66. The monoisotopic (exact) mass is 401 g/mol. The fourth-order valence-electron chi connectivity index (χ4n) is 4.66. The smallest absolute Gasteiger partial charge is 0.253 e. The number of nitrogens with zero attached hydrogens (tertiary/aromatic N) is 5. The van der Waals surface area contributed by atoms with E-state index >= 15 is 0 Å². The SMILES string of the molecule is CCN1C(=O)Cc2c(C3CCN(C(=O)c4ccc5nccnc5c4)CC3)ccnc21. The first kappa shape index (κ1) is 18.7. The normalized spacial score (nSPS) is 16.9. The van der Waals surface area contributed by atoms with Gasteiger partial charge in [0, 0.05) is 49.4 Å². The highest BCUT2D eigenvalue weighted by atomic mass is 16.2. The van der Waals surface area contributed by atoms with Crippen LogP contribution in [0.5, 0.6) is 0 Å². The minimum Gasteiger partial charge on any atom is -0.339 e. The van der Waals surface area contributed by atoms with E-state index in [9.17, 15) is 9.59 Å². The summed E-state index contributed by atoms with van der Waals surface area (Å²) < 4.78 is 0. The maximum absolute atomic E-state index is 13.0. The van der Waals surface area contributed by atoms with Crippen molar-refractivity contribution in [3.63, 3.8) is 0 Å². The Labute approximate surface area is 174 Å². The van der Waals surface area contributed by atoms with Crippen LogP contribution in [0.2, 0.25) is 0 Å². The minimum atomic E-state index is 0.0355. The fraction of sp³-hybridized carbons (Fsp3) is 0.348. The first-order valence-corrected chi connectivity index (χ1v) is 10.4. The highest BCUT2D eigenvalue weighted by molar-refractivity contribution is 6.00. The Kier molecular flexibility index (Phi) is 4.65. The Morgan fingerprint density at radius 3 is 2.57 bits per heavy atom. The van der Waals surface area contributed by atoms with Crippen molar-refractivity contribution in [1.82, 2.24) is 19.9 Å².